The molecule has 2 rings (SSSR count). The average molecular weight is 332 g/mol. The van der Waals surface area contributed by atoms with E-state index in [0.29, 0.717) is 11.4 Å². The van der Waals surface area contributed by atoms with Crippen LogP contribution in [0.3, 0.4) is 0 Å². The third-order valence-corrected chi connectivity index (χ3v) is 4.19. The first-order valence-electron chi connectivity index (χ1n) is 7.10. The summed E-state index contributed by atoms with van der Waals surface area (Å²) in [5.74, 6) is -0.852. The fourth-order valence-corrected chi connectivity index (χ4v) is 2.70. The quantitative estimate of drug-likeness (QED) is 0.826. The zero-order valence-corrected chi connectivity index (χ0v) is 13.4. The molecule has 0 aliphatic carbocycles. The van der Waals surface area contributed by atoms with Crippen molar-refractivity contribution < 1.29 is 14.0 Å². The predicted molar refractivity (Wildman–Crippen MR) is 88.5 cm³/mol. The number of carbonyl (C=O) groups is 2. The lowest BCUT2D eigenvalue weighted by atomic mass is 10.2. The Labute approximate surface area is 138 Å². The minimum Gasteiger partial charge on any atom is -0.334 e. The van der Waals surface area contributed by atoms with E-state index < -0.39 is 17.2 Å². The fraction of sp³-hybridized carbons (Fsp3) is 0.176. The normalized spacial score (nSPS) is 11.6. The van der Waals surface area contributed by atoms with Crippen molar-refractivity contribution in [1.82, 2.24) is 10.6 Å². The van der Waals surface area contributed by atoms with E-state index in [-0.39, 0.29) is 5.82 Å². The Bertz CT molecular complexity index is 679. The zero-order chi connectivity index (χ0) is 16.7. The summed E-state index contributed by atoms with van der Waals surface area (Å²) in [5.41, 5.74) is 0.934. The number of hydrogen-bond acceptors (Lipinski definition) is 3. The first kappa shape index (κ1) is 17.0. The standard InChI is InChI=1S/C17H17FN2O2S/c1-12(23-15-10-6-5-9-14(15)18)16(21)20-17(22)19-11-13-7-3-2-4-8-13/h2-10,12H,11H2,1H3,(H2,19,20,21,22). The monoisotopic (exact) mass is 332 g/mol. The molecule has 1 unspecified atom stereocenters. The lowest BCUT2D eigenvalue weighted by Gasteiger charge is -2.12. The Hall–Kier alpha value is -2.34. The molecule has 2 aromatic carbocycles. The molecule has 0 spiro atoms. The van der Waals surface area contributed by atoms with Crippen LogP contribution in [0.1, 0.15) is 12.5 Å². The van der Waals surface area contributed by atoms with Crippen molar-refractivity contribution in [1.29, 1.82) is 0 Å². The van der Waals surface area contributed by atoms with E-state index in [4.69, 9.17) is 0 Å². The summed E-state index contributed by atoms with van der Waals surface area (Å²) in [6, 6.07) is 15.0. The molecule has 2 aromatic rings. The van der Waals surface area contributed by atoms with E-state index in [2.05, 4.69) is 10.6 Å². The molecule has 0 aromatic heterocycles. The largest absolute Gasteiger partial charge is 0.334 e. The van der Waals surface area contributed by atoms with Crippen LogP contribution in [0, 0.1) is 5.82 Å². The second-order valence-corrected chi connectivity index (χ2v) is 6.23. The van der Waals surface area contributed by atoms with Gasteiger partial charge in [0.15, 0.2) is 0 Å². The maximum Gasteiger partial charge on any atom is 0.321 e. The van der Waals surface area contributed by atoms with Crippen molar-refractivity contribution in [3.63, 3.8) is 0 Å². The highest BCUT2D eigenvalue weighted by Crippen LogP contribution is 2.25. The molecule has 120 valence electrons. The molecular weight excluding hydrogens is 315 g/mol. The van der Waals surface area contributed by atoms with Gasteiger partial charge < -0.3 is 5.32 Å². The molecule has 3 amide bonds. The van der Waals surface area contributed by atoms with Crippen molar-refractivity contribution in [2.45, 2.75) is 23.6 Å². The second kappa shape index (κ2) is 8.33. The van der Waals surface area contributed by atoms with Gasteiger partial charge in [-0.3, -0.25) is 10.1 Å². The highest BCUT2D eigenvalue weighted by atomic mass is 32.2. The van der Waals surface area contributed by atoms with Crippen LogP contribution >= 0.6 is 11.8 Å². The zero-order valence-electron chi connectivity index (χ0n) is 12.6. The van der Waals surface area contributed by atoms with Crippen LogP contribution in [0.5, 0.6) is 0 Å². The number of carbonyl (C=O) groups excluding carboxylic acids is 2. The van der Waals surface area contributed by atoms with Crippen LogP contribution in [-0.4, -0.2) is 17.2 Å². The van der Waals surface area contributed by atoms with Crippen LogP contribution in [0.25, 0.3) is 0 Å². The summed E-state index contributed by atoms with van der Waals surface area (Å²) in [6.45, 7) is 1.95. The predicted octanol–water partition coefficient (Wildman–Crippen LogP) is 3.33. The van der Waals surface area contributed by atoms with Crippen molar-refractivity contribution in [2.75, 3.05) is 0 Å². The van der Waals surface area contributed by atoms with Gasteiger partial charge in [-0.1, -0.05) is 42.5 Å². The van der Waals surface area contributed by atoms with E-state index in [1.165, 1.54) is 6.07 Å². The first-order valence-corrected chi connectivity index (χ1v) is 7.98. The van der Waals surface area contributed by atoms with Crippen molar-refractivity contribution in [2.24, 2.45) is 0 Å². The molecule has 2 N–H and O–H groups in total. The molecule has 0 saturated carbocycles. The molecule has 0 saturated heterocycles. The second-order valence-electron chi connectivity index (χ2n) is 4.85. The summed E-state index contributed by atoms with van der Waals surface area (Å²) in [6.07, 6.45) is 0. The summed E-state index contributed by atoms with van der Waals surface area (Å²) < 4.78 is 13.6. The molecule has 0 fully saturated rings. The van der Waals surface area contributed by atoms with Gasteiger partial charge >= 0.3 is 6.03 Å². The Morgan fingerprint density at radius 1 is 1.09 bits per heavy atom. The number of thioether (sulfide) groups is 1. The van der Waals surface area contributed by atoms with Gasteiger partial charge in [0.1, 0.15) is 5.82 Å². The number of nitrogens with one attached hydrogen (secondary N) is 2. The van der Waals surface area contributed by atoms with Crippen LogP contribution in [0.4, 0.5) is 9.18 Å². The number of halogens is 1. The SMILES string of the molecule is CC(Sc1ccccc1F)C(=O)NC(=O)NCc1ccccc1. The number of amides is 3. The van der Waals surface area contributed by atoms with Crippen LogP contribution < -0.4 is 10.6 Å². The maximum absolute atomic E-state index is 13.6. The van der Waals surface area contributed by atoms with Gasteiger partial charge in [-0.25, -0.2) is 9.18 Å². The van der Waals surface area contributed by atoms with Crippen LogP contribution in [0.2, 0.25) is 0 Å². The number of rotatable bonds is 5. The topological polar surface area (TPSA) is 58.2 Å². The molecule has 0 aliphatic heterocycles. The van der Waals surface area contributed by atoms with Gasteiger partial charge in [0.2, 0.25) is 5.91 Å². The van der Waals surface area contributed by atoms with Gasteiger partial charge in [0, 0.05) is 11.4 Å². The van der Waals surface area contributed by atoms with E-state index in [0.717, 1.165) is 17.3 Å². The number of hydrogen-bond donors (Lipinski definition) is 2. The Morgan fingerprint density at radius 2 is 1.74 bits per heavy atom. The molecule has 0 heterocycles. The van der Waals surface area contributed by atoms with Gasteiger partial charge in [-0.15, -0.1) is 11.8 Å². The Balaban J connectivity index is 1.81. The van der Waals surface area contributed by atoms with Crippen LogP contribution in [0.15, 0.2) is 59.5 Å². The van der Waals surface area contributed by atoms with E-state index in [1.807, 2.05) is 30.3 Å². The first-order chi connectivity index (χ1) is 11.1. The summed E-state index contributed by atoms with van der Waals surface area (Å²) in [5, 5.41) is 4.27. The van der Waals surface area contributed by atoms with Crippen molar-refractivity contribution in [3.8, 4) is 0 Å². The third kappa shape index (κ3) is 5.41. The van der Waals surface area contributed by atoms with Gasteiger partial charge in [-0.2, -0.15) is 0 Å². The maximum atomic E-state index is 13.6. The third-order valence-electron chi connectivity index (χ3n) is 3.04. The average Bonchev–Trinajstić information content (AvgIpc) is 2.56. The van der Waals surface area contributed by atoms with E-state index >= 15 is 0 Å². The molecule has 6 heteroatoms. The number of benzene rings is 2. The minimum absolute atomic E-state index is 0.328. The molecule has 1 atom stereocenters. The highest BCUT2D eigenvalue weighted by Gasteiger charge is 2.18. The summed E-state index contributed by atoms with van der Waals surface area (Å²) in [4.78, 5) is 24.1. The van der Waals surface area contributed by atoms with Gasteiger partial charge in [-0.05, 0) is 24.6 Å². The summed E-state index contributed by atoms with van der Waals surface area (Å²) in [7, 11) is 0. The van der Waals surface area contributed by atoms with Crippen molar-refractivity contribution in [3.05, 3.63) is 66.0 Å². The lowest BCUT2D eigenvalue weighted by molar-refractivity contribution is -0.119. The molecule has 0 aliphatic rings. The van der Waals surface area contributed by atoms with Gasteiger partial charge in [0.05, 0.1) is 5.25 Å². The highest BCUT2D eigenvalue weighted by molar-refractivity contribution is 8.00. The van der Waals surface area contributed by atoms with Crippen molar-refractivity contribution >= 4 is 23.7 Å². The Morgan fingerprint density at radius 3 is 2.43 bits per heavy atom. The fourth-order valence-electron chi connectivity index (χ4n) is 1.82. The molecular formula is C17H17FN2O2S. The van der Waals surface area contributed by atoms with E-state index in [9.17, 15) is 14.0 Å². The number of imide groups is 1. The number of urea groups is 1. The van der Waals surface area contributed by atoms with Crippen LogP contribution in [-0.2, 0) is 11.3 Å². The summed E-state index contributed by atoms with van der Waals surface area (Å²) >= 11 is 1.07. The van der Waals surface area contributed by atoms with E-state index in [1.54, 1.807) is 25.1 Å². The molecule has 0 bridgehead atoms. The molecule has 4 nitrogen and oxygen atoms in total. The van der Waals surface area contributed by atoms with Gasteiger partial charge in [0.25, 0.3) is 0 Å². The molecule has 0 radical (unpaired) electrons. The Kier molecular flexibility index (Phi) is 6.17. The molecule has 23 heavy (non-hydrogen) atoms. The minimum atomic E-state index is -0.589. The lowest BCUT2D eigenvalue weighted by Crippen LogP contribution is -2.42. The smallest absolute Gasteiger partial charge is 0.321 e.